The molecule has 2 aromatic heterocycles. The molecule has 0 spiro atoms. The van der Waals surface area contributed by atoms with Gasteiger partial charge < -0.3 is 14.8 Å². The number of rotatable bonds is 2. The lowest BCUT2D eigenvalue weighted by molar-refractivity contribution is 0.0625. The van der Waals surface area contributed by atoms with Crippen molar-refractivity contribution in [1.29, 1.82) is 0 Å². The highest BCUT2D eigenvalue weighted by Crippen LogP contribution is 2.26. The molecule has 1 amide bonds. The quantitative estimate of drug-likeness (QED) is 0.870. The normalized spacial score (nSPS) is 17.3. The van der Waals surface area contributed by atoms with E-state index >= 15 is 0 Å². The molecule has 1 aliphatic heterocycles. The van der Waals surface area contributed by atoms with Gasteiger partial charge in [0.15, 0.2) is 0 Å². The molecule has 1 fully saturated rings. The van der Waals surface area contributed by atoms with Crippen molar-refractivity contribution < 1.29 is 4.79 Å². The van der Waals surface area contributed by atoms with E-state index in [2.05, 4.69) is 15.3 Å². The number of hydrogen-bond donors (Lipinski definition) is 1. The first-order valence-corrected chi connectivity index (χ1v) is 7.82. The van der Waals surface area contributed by atoms with Gasteiger partial charge in [0.2, 0.25) is 0 Å². The molecule has 3 rings (SSSR count). The number of nitrogens with one attached hydrogen (secondary N) is 1. The van der Waals surface area contributed by atoms with Crippen molar-refractivity contribution in [1.82, 2.24) is 24.8 Å². The zero-order valence-corrected chi connectivity index (χ0v) is 15.7. The van der Waals surface area contributed by atoms with Crippen LogP contribution in [0.5, 0.6) is 0 Å². The van der Waals surface area contributed by atoms with Crippen LogP contribution < -0.4 is 5.32 Å². The summed E-state index contributed by atoms with van der Waals surface area (Å²) in [6.07, 6.45) is 3.68. The highest BCUT2D eigenvalue weighted by atomic mass is 35.5. The molecule has 9 heteroatoms. The van der Waals surface area contributed by atoms with Crippen LogP contribution in [-0.4, -0.2) is 45.0 Å². The van der Waals surface area contributed by atoms with Gasteiger partial charge >= 0.3 is 0 Å². The van der Waals surface area contributed by atoms with E-state index < -0.39 is 0 Å². The molecule has 1 saturated heterocycles. The van der Waals surface area contributed by atoms with Crippen LogP contribution in [0.4, 0.5) is 0 Å². The minimum atomic E-state index is -0.0342. The molecule has 0 aliphatic carbocycles. The second-order valence-electron chi connectivity index (χ2n) is 5.26. The van der Waals surface area contributed by atoms with Crippen molar-refractivity contribution >= 4 is 42.1 Å². The summed E-state index contributed by atoms with van der Waals surface area (Å²) in [6, 6.07) is -0.0342. The van der Waals surface area contributed by atoms with Crippen molar-refractivity contribution in [2.75, 3.05) is 19.6 Å². The third-order valence-corrected chi connectivity index (χ3v) is 4.82. The van der Waals surface area contributed by atoms with E-state index in [0.29, 0.717) is 6.54 Å². The van der Waals surface area contributed by atoms with Crippen molar-refractivity contribution in [2.24, 2.45) is 7.05 Å². The maximum absolute atomic E-state index is 12.9. The van der Waals surface area contributed by atoms with Gasteiger partial charge in [-0.3, -0.25) is 4.79 Å². The largest absolute Gasteiger partial charge is 0.336 e. The monoisotopic (exact) mass is 377 g/mol. The lowest BCUT2D eigenvalue weighted by Crippen LogP contribution is -2.49. The van der Waals surface area contributed by atoms with Crippen LogP contribution in [0.1, 0.15) is 32.2 Å². The number of amides is 1. The van der Waals surface area contributed by atoms with Gasteiger partial charge in [-0.25, -0.2) is 9.97 Å². The molecule has 1 atom stereocenters. The first-order chi connectivity index (χ1) is 10.1. The Kier molecular flexibility index (Phi) is 7.01. The summed E-state index contributed by atoms with van der Waals surface area (Å²) < 4.78 is 1.97. The Morgan fingerprint density at radius 3 is 2.70 bits per heavy atom. The third kappa shape index (κ3) is 3.85. The van der Waals surface area contributed by atoms with Gasteiger partial charge in [0, 0.05) is 39.1 Å². The molecule has 6 nitrogen and oxygen atoms in total. The van der Waals surface area contributed by atoms with Gasteiger partial charge in [0.1, 0.15) is 16.7 Å². The van der Waals surface area contributed by atoms with Crippen LogP contribution in [0, 0.1) is 13.8 Å². The number of carbonyl (C=O) groups excluding carboxylic acids is 1. The lowest BCUT2D eigenvalue weighted by atomic mass is 10.1. The predicted octanol–water partition coefficient (Wildman–Crippen LogP) is 2.12. The van der Waals surface area contributed by atoms with Gasteiger partial charge in [0.25, 0.3) is 5.91 Å². The Labute approximate surface area is 152 Å². The Morgan fingerprint density at radius 2 is 2.13 bits per heavy atom. The fraction of sp³-hybridized carbons (Fsp3) is 0.500. The summed E-state index contributed by atoms with van der Waals surface area (Å²) in [5, 5.41) is 4.28. The van der Waals surface area contributed by atoms with Crippen LogP contribution in [-0.2, 0) is 7.05 Å². The van der Waals surface area contributed by atoms with Crippen LogP contribution in [0.15, 0.2) is 12.4 Å². The maximum atomic E-state index is 12.9. The molecule has 0 saturated carbocycles. The molecule has 128 valence electrons. The molecule has 1 aliphatic rings. The highest BCUT2D eigenvalue weighted by molar-refractivity contribution is 7.13. The summed E-state index contributed by atoms with van der Waals surface area (Å²) in [6.45, 7) is 6.06. The van der Waals surface area contributed by atoms with Crippen LogP contribution in [0.2, 0.25) is 0 Å². The van der Waals surface area contributed by atoms with E-state index in [9.17, 15) is 4.79 Å². The summed E-state index contributed by atoms with van der Waals surface area (Å²) in [5.74, 6) is 0.974. The molecular formula is C14H21Cl2N5OS. The van der Waals surface area contributed by atoms with E-state index in [1.54, 1.807) is 6.20 Å². The zero-order valence-electron chi connectivity index (χ0n) is 13.3. The number of hydrogen-bond acceptors (Lipinski definition) is 5. The number of piperazine rings is 1. The van der Waals surface area contributed by atoms with Crippen LogP contribution in [0.3, 0.4) is 0 Å². The van der Waals surface area contributed by atoms with Crippen molar-refractivity contribution in [3.05, 3.63) is 33.8 Å². The van der Waals surface area contributed by atoms with Crippen molar-refractivity contribution in [2.45, 2.75) is 19.9 Å². The fourth-order valence-electron chi connectivity index (χ4n) is 2.74. The van der Waals surface area contributed by atoms with Gasteiger partial charge in [0.05, 0.1) is 10.7 Å². The molecule has 3 heterocycles. The SMILES string of the molecule is Cc1nc(C)c(C(=O)N2CCNCC2c2nccn2C)s1.Cl.Cl. The second kappa shape index (κ2) is 8.10. The number of aryl methyl sites for hydroxylation is 3. The molecule has 2 aromatic rings. The molecule has 1 unspecified atom stereocenters. The molecule has 0 bridgehead atoms. The number of thiazole rings is 1. The van der Waals surface area contributed by atoms with Crippen molar-refractivity contribution in [3.8, 4) is 0 Å². The van der Waals surface area contributed by atoms with Crippen LogP contribution in [0.25, 0.3) is 0 Å². The number of carbonyl (C=O) groups is 1. The van der Waals surface area contributed by atoms with E-state index in [1.807, 2.05) is 36.6 Å². The average Bonchev–Trinajstić information content (AvgIpc) is 3.03. The Morgan fingerprint density at radius 1 is 1.39 bits per heavy atom. The number of aromatic nitrogens is 3. The number of imidazole rings is 1. The van der Waals surface area contributed by atoms with E-state index in [0.717, 1.165) is 34.5 Å². The van der Waals surface area contributed by atoms with Crippen molar-refractivity contribution in [3.63, 3.8) is 0 Å². The molecule has 23 heavy (non-hydrogen) atoms. The fourth-order valence-corrected chi connectivity index (χ4v) is 3.61. The van der Waals surface area contributed by atoms with Gasteiger partial charge in [-0.1, -0.05) is 0 Å². The molecule has 0 radical (unpaired) electrons. The molecule has 1 N–H and O–H groups in total. The van der Waals surface area contributed by atoms with E-state index in [4.69, 9.17) is 0 Å². The maximum Gasteiger partial charge on any atom is 0.266 e. The first kappa shape index (κ1) is 19.9. The summed E-state index contributed by atoms with van der Waals surface area (Å²) in [5.41, 5.74) is 0.819. The smallest absolute Gasteiger partial charge is 0.266 e. The van der Waals surface area contributed by atoms with Gasteiger partial charge in [-0.05, 0) is 13.8 Å². The highest BCUT2D eigenvalue weighted by Gasteiger charge is 2.32. The third-order valence-electron chi connectivity index (χ3n) is 3.76. The molecular weight excluding hydrogens is 357 g/mol. The van der Waals surface area contributed by atoms with Crippen LogP contribution >= 0.6 is 36.2 Å². The van der Waals surface area contributed by atoms with E-state index in [1.165, 1.54) is 11.3 Å². The Balaban J connectivity index is 0.00000132. The average molecular weight is 378 g/mol. The number of nitrogens with zero attached hydrogens (tertiary/aromatic N) is 4. The summed E-state index contributed by atoms with van der Waals surface area (Å²) in [4.78, 5) is 24.3. The Hall–Kier alpha value is -1.15. The first-order valence-electron chi connectivity index (χ1n) is 7.01. The zero-order chi connectivity index (χ0) is 15.0. The standard InChI is InChI=1S/C14H19N5OS.2ClH/c1-9-12(21-10(2)17-9)14(20)19-7-4-15-8-11(19)13-16-5-6-18(13)3;;/h5-6,11,15H,4,7-8H2,1-3H3;2*1H. The number of halogens is 2. The minimum absolute atomic E-state index is 0. The predicted molar refractivity (Wildman–Crippen MR) is 95.9 cm³/mol. The second-order valence-corrected chi connectivity index (χ2v) is 6.47. The minimum Gasteiger partial charge on any atom is -0.336 e. The lowest BCUT2D eigenvalue weighted by Gasteiger charge is -2.35. The Bertz CT molecular complexity index is 672. The topological polar surface area (TPSA) is 63.1 Å². The van der Waals surface area contributed by atoms with Gasteiger partial charge in [-0.2, -0.15) is 0 Å². The van der Waals surface area contributed by atoms with E-state index in [-0.39, 0.29) is 36.8 Å². The summed E-state index contributed by atoms with van der Waals surface area (Å²) >= 11 is 1.47. The molecule has 0 aromatic carbocycles. The van der Waals surface area contributed by atoms with Gasteiger partial charge in [-0.15, -0.1) is 36.2 Å². The summed E-state index contributed by atoms with van der Waals surface area (Å²) in [7, 11) is 1.96.